The Bertz CT molecular complexity index is 250. The average molecular weight is 235 g/mol. The highest BCUT2D eigenvalue weighted by atomic mass is 32.2. The van der Waals surface area contributed by atoms with Crippen LogP contribution in [0.4, 0.5) is 13.2 Å². The van der Waals surface area contributed by atoms with Crippen molar-refractivity contribution in [2.45, 2.75) is 19.0 Å². The summed E-state index contributed by atoms with van der Waals surface area (Å²) in [5.74, 6) is -0.360. The van der Waals surface area contributed by atoms with Gasteiger partial charge in [-0.3, -0.25) is 0 Å². The summed E-state index contributed by atoms with van der Waals surface area (Å²) in [7, 11) is -3.68. The van der Waals surface area contributed by atoms with Gasteiger partial charge in [0.2, 0.25) is 10.0 Å². The van der Waals surface area contributed by atoms with Crippen LogP contribution in [0.3, 0.4) is 0 Å². The fraction of sp³-hybridized carbons (Fsp3) is 1.00. The number of hydrogen-bond acceptors (Lipinski definition) is 3. The first-order chi connectivity index (χ1) is 6.27. The summed E-state index contributed by atoms with van der Waals surface area (Å²) in [6, 6.07) is 0. The van der Waals surface area contributed by atoms with Gasteiger partial charge in [0.05, 0.1) is 12.2 Å². The first-order valence-corrected chi connectivity index (χ1v) is 5.57. The molecule has 0 aliphatic heterocycles. The molecule has 0 bridgehead atoms. The van der Waals surface area contributed by atoms with Crippen LogP contribution in [-0.4, -0.2) is 38.6 Å². The van der Waals surface area contributed by atoms with Gasteiger partial charge in [0.25, 0.3) is 0 Å². The number of nitrogens with one attached hydrogen (secondary N) is 1. The molecule has 0 atom stereocenters. The van der Waals surface area contributed by atoms with E-state index < -0.39 is 29.2 Å². The summed E-state index contributed by atoms with van der Waals surface area (Å²) in [5.41, 5.74) is 0. The molecular formula is C6H12F3NO3S. The molecule has 0 aromatic heterocycles. The maximum Gasteiger partial charge on any atom is 0.390 e. The molecule has 4 nitrogen and oxygen atoms in total. The van der Waals surface area contributed by atoms with E-state index in [9.17, 15) is 21.6 Å². The Morgan fingerprint density at radius 2 is 1.86 bits per heavy atom. The Kier molecular flexibility index (Phi) is 5.38. The summed E-state index contributed by atoms with van der Waals surface area (Å²) in [5, 5.41) is 8.31. The number of alkyl halides is 3. The van der Waals surface area contributed by atoms with Crippen LogP contribution >= 0.6 is 0 Å². The molecule has 0 amide bonds. The molecule has 0 saturated carbocycles. The van der Waals surface area contributed by atoms with Crippen LogP contribution in [-0.2, 0) is 10.0 Å². The normalized spacial score (nSPS) is 13.1. The maximum absolute atomic E-state index is 11.6. The second-order valence-electron chi connectivity index (χ2n) is 2.66. The van der Waals surface area contributed by atoms with Crippen molar-refractivity contribution in [2.75, 3.05) is 18.9 Å². The molecule has 0 unspecified atom stereocenters. The zero-order valence-electron chi connectivity index (χ0n) is 7.34. The zero-order valence-corrected chi connectivity index (χ0v) is 8.16. The van der Waals surface area contributed by atoms with Crippen LogP contribution < -0.4 is 4.72 Å². The van der Waals surface area contributed by atoms with Crippen LogP contribution in [0.5, 0.6) is 0 Å². The second-order valence-corrected chi connectivity index (χ2v) is 4.58. The van der Waals surface area contributed by atoms with E-state index in [0.717, 1.165) is 0 Å². The molecule has 0 aliphatic carbocycles. The van der Waals surface area contributed by atoms with Crippen molar-refractivity contribution in [1.82, 2.24) is 4.72 Å². The summed E-state index contributed by atoms with van der Waals surface area (Å²) in [6.45, 7) is -0.961. The summed E-state index contributed by atoms with van der Waals surface area (Å²) >= 11 is 0. The Morgan fingerprint density at radius 3 is 2.29 bits per heavy atom. The third-order valence-corrected chi connectivity index (χ3v) is 2.77. The van der Waals surface area contributed by atoms with Gasteiger partial charge in [-0.2, -0.15) is 13.2 Å². The molecule has 8 heteroatoms. The molecule has 86 valence electrons. The highest BCUT2D eigenvalue weighted by Gasteiger charge is 2.27. The van der Waals surface area contributed by atoms with Crippen molar-refractivity contribution < 1.29 is 26.7 Å². The molecule has 0 heterocycles. The van der Waals surface area contributed by atoms with Gasteiger partial charge < -0.3 is 5.11 Å². The van der Waals surface area contributed by atoms with E-state index in [1.165, 1.54) is 0 Å². The van der Waals surface area contributed by atoms with Gasteiger partial charge in [-0.1, -0.05) is 0 Å². The summed E-state index contributed by atoms with van der Waals surface area (Å²) < 4.78 is 58.4. The Morgan fingerprint density at radius 1 is 1.29 bits per heavy atom. The minimum Gasteiger partial charge on any atom is -0.396 e. The molecule has 0 aromatic carbocycles. The van der Waals surface area contributed by atoms with E-state index >= 15 is 0 Å². The van der Waals surface area contributed by atoms with Gasteiger partial charge in [-0.25, -0.2) is 13.1 Å². The number of hydrogen-bond donors (Lipinski definition) is 2. The Balaban J connectivity index is 3.78. The summed E-state index contributed by atoms with van der Waals surface area (Å²) in [6.07, 6.45) is -5.54. The number of aliphatic hydroxyl groups excluding tert-OH is 1. The smallest absolute Gasteiger partial charge is 0.390 e. The van der Waals surface area contributed by atoms with Crippen LogP contribution in [0, 0.1) is 0 Å². The lowest BCUT2D eigenvalue weighted by Gasteiger charge is -2.07. The van der Waals surface area contributed by atoms with E-state index in [1.54, 1.807) is 4.72 Å². The van der Waals surface area contributed by atoms with Crippen molar-refractivity contribution >= 4 is 10.0 Å². The van der Waals surface area contributed by atoms with Gasteiger partial charge in [0.15, 0.2) is 0 Å². The van der Waals surface area contributed by atoms with Crippen LogP contribution in [0.15, 0.2) is 0 Å². The fourth-order valence-electron chi connectivity index (χ4n) is 0.675. The zero-order chi connectivity index (χ0) is 11.2. The highest BCUT2D eigenvalue weighted by Crippen LogP contribution is 2.18. The van der Waals surface area contributed by atoms with Gasteiger partial charge in [-0.05, 0) is 6.42 Å². The van der Waals surface area contributed by atoms with E-state index in [1.807, 2.05) is 0 Å². The van der Waals surface area contributed by atoms with Gasteiger partial charge in [0.1, 0.15) is 0 Å². The number of halogens is 3. The average Bonchev–Trinajstić information content (AvgIpc) is 1.98. The second kappa shape index (κ2) is 5.52. The quantitative estimate of drug-likeness (QED) is 0.693. The predicted octanol–water partition coefficient (Wildman–Crippen LogP) is 0.241. The van der Waals surface area contributed by atoms with Gasteiger partial charge in [-0.15, -0.1) is 0 Å². The van der Waals surface area contributed by atoms with Crippen LogP contribution in [0.25, 0.3) is 0 Å². The largest absolute Gasteiger partial charge is 0.396 e. The molecule has 0 fully saturated rings. The molecule has 0 radical (unpaired) electrons. The van der Waals surface area contributed by atoms with Crippen molar-refractivity contribution in [2.24, 2.45) is 0 Å². The van der Waals surface area contributed by atoms with Crippen molar-refractivity contribution in [3.05, 3.63) is 0 Å². The third kappa shape index (κ3) is 8.27. The van der Waals surface area contributed by atoms with Crippen molar-refractivity contribution in [1.29, 1.82) is 0 Å². The van der Waals surface area contributed by atoms with Crippen LogP contribution in [0.2, 0.25) is 0 Å². The first-order valence-electron chi connectivity index (χ1n) is 3.92. The number of aliphatic hydroxyl groups is 1. The molecule has 0 aliphatic rings. The number of rotatable bonds is 6. The highest BCUT2D eigenvalue weighted by molar-refractivity contribution is 7.89. The van der Waals surface area contributed by atoms with Crippen molar-refractivity contribution in [3.63, 3.8) is 0 Å². The maximum atomic E-state index is 11.6. The topological polar surface area (TPSA) is 66.4 Å². The monoisotopic (exact) mass is 235 g/mol. The molecule has 0 rings (SSSR count). The first kappa shape index (κ1) is 13.7. The molecule has 0 saturated heterocycles. The van der Waals surface area contributed by atoms with E-state index in [-0.39, 0.29) is 18.8 Å². The SMILES string of the molecule is O=S(=O)(CCCO)NCCC(F)(F)F. The fourth-order valence-corrected chi connectivity index (χ4v) is 1.74. The lowest BCUT2D eigenvalue weighted by molar-refractivity contribution is -0.132. The van der Waals surface area contributed by atoms with Crippen LogP contribution in [0.1, 0.15) is 12.8 Å². The van der Waals surface area contributed by atoms with Gasteiger partial charge >= 0.3 is 6.18 Å². The van der Waals surface area contributed by atoms with Crippen molar-refractivity contribution in [3.8, 4) is 0 Å². The standard InChI is InChI=1S/C6H12F3NO3S/c7-6(8,9)2-3-10-14(12,13)5-1-4-11/h10-11H,1-5H2. The Labute approximate surface area is 80.2 Å². The Hall–Kier alpha value is -0.340. The third-order valence-electron chi connectivity index (χ3n) is 1.30. The van der Waals surface area contributed by atoms with E-state index in [4.69, 9.17) is 5.11 Å². The summed E-state index contributed by atoms with van der Waals surface area (Å²) in [4.78, 5) is 0. The number of sulfonamides is 1. The molecule has 0 spiro atoms. The minimum absolute atomic E-state index is 0.0152. The predicted molar refractivity (Wildman–Crippen MR) is 44.2 cm³/mol. The molecule has 14 heavy (non-hydrogen) atoms. The minimum atomic E-state index is -4.36. The lowest BCUT2D eigenvalue weighted by atomic mass is 10.4. The van der Waals surface area contributed by atoms with E-state index in [0.29, 0.717) is 0 Å². The lowest BCUT2D eigenvalue weighted by Crippen LogP contribution is -2.30. The molecular weight excluding hydrogens is 223 g/mol. The molecule has 2 N–H and O–H groups in total. The van der Waals surface area contributed by atoms with E-state index in [2.05, 4.69) is 0 Å². The molecule has 0 aromatic rings. The van der Waals surface area contributed by atoms with Gasteiger partial charge in [0, 0.05) is 13.2 Å².